The molecule has 0 spiro atoms. The van der Waals surface area contributed by atoms with Crippen LogP contribution in [0.1, 0.15) is 32.1 Å². The van der Waals surface area contributed by atoms with Gasteiger partial charge in [0.2, 0.25) is 0 Å². The van der Waals surface area contributed by atoms with E-state index in [2.05, 4.69) is 29.0 Å². The van der Waals surface area contributed by atoms with Crippen molar-refractivity contribution in [3.63, 3.8) is 0 Å². The van der Waals surface area contributed by atoms with Gasteiger partial charge < -0.3 is 9.30 Å². The van der Waals surface area contributed by atoms with E-state index in [0.29, 0.717) is 0 Å². The fourth-order valence-corrected chi connectivity index (χ4v) is 3.18. The maximum Gasteiger partial charge on any atom is 0.128 e. The smallest absolute Gasteiger partial charge is 0.128 e. The number of ether oxygens (including phenoxy) is 1. The minimum Gasteiger partial charge on any atom is -0.496 e. The molecule has 1 aliphatic rings. The molecule has 0 bridgehead atoms. The summed E-state index contributed by atoms with van der Waals surface area (Å²) < 4.78 is 7.81. The summed E-state index contributed by atoms with van der Waals surface area (Å²) in [6.07, 6.45) is 9.24. The quantitative estimate of drug-likeness (QED) is 0.787. The molecule has 0 amide bonds. The van der Waals surface area contributed by atoms with Crippen LogP contribution in [0.2, 0.25) is 0 Å². The normalized spacial score (nSPS) is 17.2. The van der Waals surface area contributed by atoms with Gasteiger partial charge in [-0.05, 0) is 37.0 Å². The number of nitrogens with zero attached hydrogens (tertiary/aromatic N) is 1. The van der Waals surface area contributed by atoms with Gasteiger partial charge >= 0.3 is 0 Å². The van der Waals surface area contributed by atoms with E-state index in [4.69, 9.17) is 4.74 Å². The summed E-state index contributed by atoms with van der Waals surface area (Å²) in [5.74, 6) is 1.84. The van der Waals surface area contributed by atoms with E-state index in [9.17, 15) is 0 Å². The Labute approximate surface area is 109 Å². The molecule has 1 aromatic carbocycles. The van der Waals surface area contributed by atoms with Gasteiger partial charge in [-0.15, -0.1) is 0 Å². The number of methoxy groups -OCH3 is 1. The number of benzene rings is 1. The molecule has 0 aliphatic heterocycles. The highest BCUT2D eigenvalue weighted by molar-refractivity contribution is 5.86. The molecule has 0 atom stereocenters. The molecule has 1 heterocycles. The van der Waals surface area contributed by atoms with Crippen LogP contribution in [0, 0.1) is 5.92 Å². The van der Waals surface area contributed by atoms with Crippen molar-refractivity contribution in [1.29, 1.82) is 0 Å². The highest BCUT2D eigenvalue weighted by Gasteiger charge is 2.15. The van der Waals surface area contributed by atoms with Crippen molar-refractivity contribution in [2.75, 3.05) is 7.11 Å². The molecule has 0 radical (unpaired) electrons. The summed E-state index contributed by atoms with van der Waals surface area (Å²) >= 11 is 0. The van der Waals surface area contributed by atoms with Gasteiger partial charge in [0.1, 0.15) is 5.75 Å². The zero-order valence-corrected chi connectivity index (χ0v) is 11.1. The topological polar surface area (TPSA) is 14.2 Å². The third-order valence-electron chi connectivity index (χ3n) is 4.17. The first-order valence-electron chi connectivity index (χ1n) is 7.00. The monoisotopic (exact) mass is 243 g/mol. The van der Waals surface area contributed by atoms with Crippen LogP contribution >= 0.6 is 0 Å². The largest absolute Gasteiger partial charge is 0.496 e. The molecule has 2 nitrogen and oxygen atoms in total. The summed E-state index contributed by atoms with van der Waals surface area (Å²) in [4.78, 5) is 0. The van der Waals surface area contributed by atoms with Crippen LogP contribution in [0.15, 0.2) is 30.5 Å². The second-order valence-electron chi connectivity index (χ2n) is 5.37. The number of hydrogen-bond donors (Lipinski definition) is 0. The molecular weight excluding hydrogens is 222 g/mol. The lowest BCUT2D eigenvalue weighted by molar-refractivity contribution is 0.322. The maximum atomic E-state index is 5.42. The lowest BCUT2D eigenvalue weighted by Crippen LogP contribution is -2.13. The van der Waals surface area contributed by atoms with Gasteiger partial charge in [-0.2, -0.15) is 0 Å². The Balaban J connectivity index is 1.88. The van der Waals surface area contributed by atoms with Crippen molar-refractivity contribution < 1.29 is 4.74 Å². The van der Waals surface area contributed by atoms with Gasteiger partial charge in [0.25, 0.3) is 0 Å². The minimum atomic E-state index is 0.862. The fourth-order valence-electron chi connectivity index (χ4n) is 3.18. The second kappa shape index (κ2) is 5.05. The first-order valence-corrected chi connectivity index (χ1v) is 7.00. The predicted octanol–water partition coefficient (Wildman–Crippen LogP) is 4.23. The molecule has 3 rings (SSSR count). The van der Waals surface area contributed by atoms with Crippen molar-refractivity contribution in [1.82, 2.24) is 4.57 Å². The molecule has 96 valence electrons. The van der Waals surface area contributed by atoms with Gasteiger partial charge in [-0.3, -0.25) is 0 Å². The predicted molar refractivity (Wildman–Crippen MR) is 75.1 cm³/mol. The average molecular weight is 243 g/mol. The summed E-state index contributed by atoms with van der Waals surface area (Å²) in [6.45, 7) is 1.16. The summed E-state index contributed by atoms with van der Waals surface area (Å²) in [5, 5.41) is 1.23. The van der Waals surface area contributed by atoms with E-state index in [-0.39, 0.29) is 0 Å². The lowest BCUT2D eigenvalue weighted by Gasteiger charge is -2.22. The lowest BCUT2D eigenvalue weighted by atomic mass is 9.89. The van der Waals surface area contributed by atoms with Gasteiger partial charge in [-0.25, -0.2) is 0 Å². The van der Waals surface area contributed by atoms with Crippen LogP contribution in [-0.4, -0.2) is 11.7 Å². The van der Waals surface area contributed by atoms with Gasteiger partial charge in [0.15, 0.2) is 0 Å². The van der Waals surface area contributed by atoms with Crippen molar-refractivity contribution in [2.24, 2.45) is 5.92 Å². The van der Waals surface area contributed by atoms with Crippen LogP contribution < -0.4 is 4.74 Å². The Morgan fingerprint density at radius 1 is 1.17 bits per heavy atom. The van der Waals surface area contributed by atoms with Gasteiger partial charge in [-0.1, -0.05) is 25.3 Å². The molecule has 18 heavy (non-hydrogen) atoms. The minimum absolute atomic E-state index is 0.862. The Morgan fingerprint density at radius 3 is 2.78 bits per heavy atom. The molecule has 1 saturated carbocycles. The summed E-state index contributed by atoms with van der Waals surface area (Å²) in [6, 6.07) is 8.49. The molecule has 1 fully saturated rings. The Morgan fingerprint density at radius 2 is 2.00 bits per heavy atom. The molecule has 0 saturated heterocycles. The van der Waals surface area contributed by atoms with E-state index in [1.165, 1.54) is 43.0 Å². The van der Waals surface area contributed by atoms with E-state index < -0.39 is 0 Å². The molecule has 1 aromatic heterocycles. The van der Waals surface area contributed by atoms with Crippen molar-refractivity contribution >= 4 is 10.9 Å². The first-order chi connectivity index (χ1) is 8.88. The van der Waals surface area contributed by atoms with Gasteiger partial charge in [0.05, 0.1) is 12.6 Å². The third kappa shape index (κ3) is 2.12. The van der Waals surface area contributed by atoms with Crippen LogP contribution in [0.4, 0.5) is 0 Å². The van der Waals surface area contributed by atoms with Crippen LogP contribution in [0.5, 0.6) is 5.75 Å². The molecule has 1 aliphatic carbocycles. The molecule has 0 N–H and O–H groups in total. The van der Waals surface area contributed by atoms with Crippen molar-refractivity contribution in [2.45, 2.75) is 38.6 Å². The third-order valence-corrected chi connectivity index (χ3v) is 4.17. The highest BCUT2D eigenvalue weighted by atomic mass is 16.5. The molecule has 2 aromatic rings. The number of fused-ring (bicyclic) bond motifs is 1. The maximum absolute atomic E-state index is 5.42. The second-order valence-corrected chi connectivity index (χ2v) is 5.37. The Kier molecular flexibility index (Phi) is 3.26. The molecular formula is C16H21NO. The average Bonchev–Trinajstić information content (AvgIpc) is 2.83. The molecule has 2 heteroatoms. The Hall–Kier alpha value is -1.44. The van der Waals surface area contributed by atoms with Crippen molar-refractivity contribution in [3.05, 3.63) is 30.5 Å². The zero-order chi connectivity index (χ0) is 12.4. The number of rotatable bonds is 3. The van der Waals surface area contributed by atoms with Crippen molar-refractivity contribution in [3.8, 4) is 5.75 Å². The first kappa shape index (κ1) is 11.6. The van der Waals surface area contributed by atoms with Crippen LogP contribution in [-0.2, 0) is 6.54 Å². The summed E-state index contributed by atoms with van der Waals surface area (Å²) in [7, 11) is 1.74. The van der Waals surface area contributed by atoms with E-state index in [1.807, 2.05) is 6.07 Å². The van der Waals surface area contributed by atoms with E-state index >= 15 is 0 Å². The SMILES string of the molecule is COc1cccc2c1ccn2CC1CCCCC1. The van der Waals surface area contributed by atoms with E-state index in [1.54, 1.807) is 7.11 Å². The number of aromatic nitrogens is 1. The summed E-state index contributed by atoms with van der Waals surface area (Å²) in [5.41, 5.74) is 1.31. The van der Waals surface area contributed by atoms with Crippen LogP contribution in [0.3, 0.4) is 0 Å². The van der Waals surface area contributed by atoms with Gasteiger partial charge in [0, 0.05) is 18.1 Å². The highest BCUT2D eigenvalue weighted by Crippen LogP contribution is 2.29. The standard InChI is InChI=1S/C16H21NO/c1-18-16-9-5-8-15-14(16)10-11-17(15)12-13-6-3-2-4-7-13/h5,8-11,13H,2-4,6-7,12H2,1H3. The molecule has 0 unspecified atom stereocenters. The van der Waals surface area contributed by atoms with E-state index in [0.717, 1.165) is 18.2 Å². The fraction of sp³-hybridized carbons (Fsp3) is 0.500. The Bertz CT molecular complexity index is 523. The number of hydrogen-bond acceptors (Lipinski definition) is 1. The van der Waals surface area contributed by atoms with Crippen LogP contribution in [0.25, 0.3) is 10.9 Å². The zero-order valence-electron chi connectivity index (χ0n) is 11.1.